The van der Waals surface area contributed by atoms with Crippen molar-refractivity contribution in [1.29, 1.82) is 0 Å². The SMILES string of the molecule is Cc1cc(CCCc2ccccc2)oc(=O)c1C(=O)NCCC1CC(O)C1. The van der Waals surface area contributed by atoms with Crippen LogP contribution >= 0.6 is 0 Å². The molecule has 1 aromatic heterocycles. The quantitative estimate of drug-likeness (QED) is 0.750. The molecule has 1 aliphatic rings. The summed E-state index contributed by atoms with van der Waals surface area (Å²) in [4.78, 5) is 24.6. The molecule has 0 spiro atoms. The molecular weight excluding hydrogens is 342 g/mol. The van der Waals surface area contributed by atoms with Crippen LogP contribution in [0.5, 0.6) is 0 Å². The van der Waals surface area contributed by atoms with Crippen LogP contribution in [0, 0.1) is 12.8 Å². The van der Waals surface area contributed by atoms with Gasteiger partial charge in [-0.05, 0) is 62.1 Å². The number of hydrogen-bond acceptors (Lipinski definition) is 4. The van der Waals surface area contributed by atoms with Gasteiger partial charge in [0.2, 0.25) is 0 Å². The molecule has 3 rings (SSSR count). The number of hydrogen-bond donors (Lipinski definition) is 2. The van der Waals surface area contributed by atoms with Gasteiger partial charge in [0.05, 0.1) is 6.10 Å². The minimum atomic E-state index is -0.568. The molecular formula is C22H27NO4. The van der Waals surface area contributed by atoms with Crippen molar-refractivity contribution in [3.05, 3.63) is 69.3 Å². The summed E-state index contributed by atoms with van der Waals surface area (Å²) in [7, 11) is 0. The van der Waals surface area contributed by atoms with E-state index in [-0.39, 0.29) is 17.6 Å². The maximum Gasteiger partial charge on any atom is 0.349 e. The van der Waals surface area contributed by atoms with E-state index in [0.29, 0.717) is 30.2 Å². The van der Waals surface area contributed by atoms with Crippen molar-refractivity contribution >= 4 is 5.91 Å². The Labute approximate surface area is 159 Å². The fraction of sp³-hybridized carbons (Fsp3) is 0.455. The van der Waals surface area contributed by atoms with E-state index in [0.717, 1.165) is 32.1 Å². The zero-order valence-electron chi connectivity index (χ0n) is 15.7. The Hall–Kier alpha value is -2.40. The second-order valence-corrected chi connectivity index (χ2v) is 7.43. The van der Waals surface area contributed by atoms with E-state index in [9.17, 15) is 14.7 Å². The van der Waals surface area contributed by atoms with Gasteiger partial charge < -0.3 is 14.8 Å². The number of rotatable bonds is 8. The van der Waals surface area contributed by atoms with Gasteiger partial charge in [0, 0.05) is 13.0 Å². The molecule has 5 heteroatoms. The summed E-state index contributed by atoms with van der Waals surface area (Å²) < 4.78 is 5.37. The molecule has 5 nitrogen and oxygen atoms in total. The summed E-state index contributed by atoms with van der Waals surface area (Å²) in [6, 6.07) is 12.0. The Morgan fingerprint density at radius 2 is 1.96 bits per heavy atom. The molecule has 1 aromatic carbocycles. The number of aliphatic hydroxyl groups excluding tert-OH is 1. The molecule has 27 heavy (non-hydrogen) atoms. The third kappa shape index (κ3) is 5.30. The van der Waals surface area contributed by atoms with Gasteiger partial charge in [0.15, 0.2) is 0 Å². The van der Waals surface area contributed by atoms with E-state index in [1.807, 2.05) is 18.2 Å². The van der Waals surface area contributed by atoms with Crippen molar-refractivity contribution < 1.29 is 14.3 Å². The van der Waals surface area contributed by atoms with Crippen molar-refractivity contribution in [2.45, 2.75) is 51.6 Å². The first-order chi connectivity index (χ1) is 13.0. The van der Waals surface area contributed by atoms with Crippen LogP contribution in [0.2, 0.25) is 0 Å². The van der Waals surface area contributed by atoms with Crippen LogP contribution in [-0.4, -0.2) is 23.7 Å². The topological polar surface area (TPSA) is 79.5 Å². The first-order valence-corrected chi connectivity index (χ1v) is 9.66. The average Bonchev–Trinajstić information content (AvgIpc) is 2.60. The third-order valence-corrected chi connectivity index (χ3v) is 5.21. The minimum Gasteiger partial charge on any atom is -0.427 e. The standard InChI is InChI=1S/C22H27NO4/c1-15-12-19(9-5-8-16-6-3-2-4-7-16)27-22(26)20(15)21(25)23-11-10-17-13-18(24)14-17/h2-4,6-7,12,17-18,24H,5,8-11,13-14H2,1H3,(H,23,25). The van der Waals surface area contributed by atoms with E-state index in [2.05, 4.69) is 17.4 Å². The molecule has 1 amide bonds. The molecule has 1 aliphatic carbocycles. The number of carbonyl (C=O) groups excluding carboxylic acids is 1. The highest BCUT2D eigenvalue weighted by Gasteiger charge is 2.26. The Bertz CT molecular complexity index is 822. The Morgan fingerprint density at radius 3 is 2.63 bits per heavy atom. The largest absolute Gasteiger partial charge is 0.427 e. The highest BCUT2D eigenvalue weighted by Crippen LogP contribution is 2.29. The predicted octanol–water partition coefficient (Wildman–Crippen LogP) is 3.01. The maximum atomic E-state index is 12.3. The molecule has 2 aromatic rings. The van der Waals surface area contributed by atoms with Gasteiger partial charge >= 0.3 is 5.63 Å². The van der Waals surface area contributed by atoms with Gasteiger partial charge in [0.1, 0.15) is 11.3 Å². The van der Waals surface area contributed by atoms with Crippen molar-refractivity contribution in [1.82, 2.24) is 5.32 Å². The molecule has 144 valence electrons. The summed E-state index contributed by atoms with van der Waals surface area (Å²) in [5, 5.41) is 12.1. The second-order valence-electron chi connectivity index (χ2n) is 7.43. The summed E-state index contributed by atoms with van der Waals surface area (Å²) in [6.45, 7) is 2.28. The zero-order valence-corrected chi connectivity index (χ0v) is 15.7. The number of aryl methyl sites for hydroxylation is 3. The van der Waals surface area contributed by atoms with E-state index < -0.39 is 5.63 Å². The van der Waals surface area contributed by atoms with Crippen LogP contribution in [-0.2, 0) is 12.8 Å². The van der Waals surface area contributed by atoms with Crippen LogP contribution in [0.4, 0.5) is 0 Å². The van der Waals surface area contributed by atoms with Gasteiger partial charge in [0.25, 0.3) is 5.91 Å². The van der Waals surface area contributed by atoms with Gasteiger partial charge in [-0.3, -0.25) is 4.79 Å². The number of carbonyl (C=O) groups is 1. The molecule has 1 saturated carbocycles. The smallest absolute Gasteiger partial charge is 0.349 e. The Balaban J connectivity index is 1.52. The average molecular weight is 369 g/mol. The highest BCUT2D eigenvalue weighted by molar-refractivity contribution is 5.95. The highest BCUT2D eigenvalue weighted by atomic mass is 16.4. The summed E-state index contributed by atoms with van der Waals surface area (Å²) in [5.74, 6) is 0.704. The number of nitrogens with one attached hydrogen (secondary N) is 1. The zero-order chi connectivity index (χ0) is 19.2. The lowest BCUT2D eigenvalue weighted by molar-refractivity contribution is 0.0393. The van der Waals surface area contributed by atoms with Gasteiger partial charge in [-0.25, -0.2) is 4.79 Å². The Morgan fingerprint density at radius 1 is 1.22 bits per heavy atom. The van der Waals surface area contributed by atoms with Crippen LogP contribution in [0.15, 0.2) is 45.6 Å². The van der Waals surface area contributed by atoms with Crippen molar-refractivity contribution in [2.24, 2.45) is 5.92 Å². The fourth-order valence-corrected chi connectivity index (χ4v) is 3.60. The van der Waals surface area contributed by atoms with Crippen LogP contribution in [0.25, 0.3) is 0 Å². The molecule has 0 atom stereocenters. The predicted molar refractivity (Wildman–Crippen MR) is 104 cm³/mol. The molecule has 2 N–H and O–H groups in total. The van der Waals surface area contributed by atoms with E-state index in [4.69, 9.17) is 4.42 Å². The van der Waals surface area contributed by atoms with Crippen LogP contribution in [0.3, 0.4) is 0 Å². The van der Waals surface area contributed by atoms with E-state index >= 15 is 0 Å². The number of amides is 1. The molecule has 1 heterocycles. The molecule has 1 fully saturated rings. The Kier molecular flexibility index (Phi) is 6.45. The normalized spacial score (nSPS) is 18.7. The monoisotopic (exact) mass is 369 g/mol. The third-order valence-electron chi connectivity index (χ3n) is 5.21. The van der Waals surface area contributed by atoms with Gasteiger partial charge in [-0.15, -0.1) is 0 Å². The van der Waals surface area contributed by atoms with Gasteiger partial charge in [-0.1, -0.05) is 30.3 Å². The maximum absolute atomic E-state index is 12.3. The van der Waals surface area contributed by atoms with Crippen molar-refractivity contribution in [3.8, 4) is 0 Å². The first kappa shape index (κ1) is 19.4. The van der Waals surface area contributed by atoms with Crippen molar-refractivity contribution in [3.63, 3.8) is 0 Å². The molecule has 0 radical (unpaired) electrons. The fourth-order valence-electron chi connectivity index (χ4n) is 3.60. The molecule has 0 bridgehead atoms. The van der Waals surface area contributed by atoms with Crippen LogP contribution < -0.4 is 10.9 Å². The lowest BCUT2D eigenvalue weighted by Gasteiger charge is -2.31. The molecule has 0 aliphatic heterocycles. The van der Waals surface area contributed by atoms with E-state index in [1.165, 1.54) is 5.56 Å². The van der Waals surface area contributed by atoms with Gasteiger partial charge in [-0.2, -0.15) is 0 Å². The molecule has 0 unspecified atom stereocenters. The lowest BCUT2D eigenvalue weighted by Crippen LogP contribution is -2.34. The number of aliphatic hydroxyl groups is 1. The minimum absolute atomic E-state index is 0.0930. The summed E-state index contributed by atoms with van der Waals surface area (Å²) in [6.07, 6.45) is 4.70. The van der Waals surface area contributed by atoms with E-state index in [1.54, 1.807) is 13.0 Å². The number of benzene rings is 1. The van der Waals surface area contributed by atoms with Crippen LogP contribution in [0.1, 0.15) is 52.9 Å². The van der Waals surface area contributed by atoms with Crippen molar-refractivity contribution in [2.75, 3.05) is 6.54 Å². The summed E-state index contributed by atoms with van der Waals surface area (Å²) >= 11 is 0. The lowest BCUT2D eigenvalue weighted by atomic mass is 9.80. The summed E-state index contributed by atoms with van der Waals surface area (Å²) in [5.41, 5.74) is 1.43. The first-order valence-electron chi connectivity index (χ1n) is 9.66. The second kappa shape index (κ2) is 9.00. The molecule has 0 saturated heterocycles.